The molecule has 0 radical (unpaired) electrons. The summed E-state index contributed by atoms with van der Waals surface area (Å²) in [5.74, 6) is 0.464. The number of aryl methyl sites for hydroxylation is 2. The Labute approximate surface area is 209 Å². The quantitative estimate of drug-likeness (QED) is 0.309. The molecule has 3 rings (SSSR count). The van der Waals surface area contributed by atoms with Crippen LogP contribution in [0, 0.1) is 0 Å². The molecule has 0 aliphatic heterocycles. The molecule has 0 unspecified atom stereocenters. The zero-order valence-corrected chi connectivity index (χ0v) is 21.1. The third-order valence-electron chi connectivity index (χ3n) is 5.74. The van der Waals surface area contributed by atoms with Crippen LogP contribution in [0.5, 0.6) is 17.2 Å². The van der Waals surface area contributed by atoms with E-state index in [0.29, 0.717) is 41.0 Å². The number of hydrogen-bond acceptors (Lipinski definition) is 7. The van der Waals surface area contributed by atoms with E-state index in [9.17, 15) is 14.4 Å². The fraction of sp³-hybridized carbons (Fsp3) is 0.385. The average molecular weight is 497 g/mol. The van der Waals surface area contributed by atoms with E-state index in [2.05, 4.69) is 22.9 Å². The summed E-state index contributed by atoms with van der Waals surface area (Å²) in [5.41, 5.74) is 5.48. The predicted molar refractivity (Wildman–Crippen MR) is 136 cm³/mol. The second kappa shape index (κ2) is 12.6. The number of unbranched alkanes of at least 4 members (excludes halogenated alkanes) is 2. The summed E-state index contributed by atoms with van der Waals surface area (Å²) in [6, 6.07) is 10.4. The van der Waals surface area contributed by atoms with Gasteiger partial charge in [-0.05, 0) is 36.6 Å². The molecule has 0 atom stereocenters. The maximum absolute atomic E-state index is 12.9. The summed E-state index contributed by atoms with van der Waals surface area (Å²) >= 11 is 0. The first-order valence-corrected chi connectivity index (χ1v) is 11.8. The number of methoxy groups -OCH3 is 3. The minimum absolute atomic E-state index is 0.0756. The van der Waals surface area contributed by atoms with Crippen LogP contribution in [0.3, 0.4) is 0 Å². The standard InChI is InChI=1S/C26H32N4O6/c1-5-6-9-14-30-26(33)19-11-8-7-10-18(19)23(29-30)25(32)28-27-22(31)13-12-17-15-20(34-2)24(36-4)21(16-17)35-3/h7-8,10-11,15-16H,5-6,9,12-14H2,1-4H3,(H,27,31)(H,28,32). The fourth-order valence-corrected chi connectivity index (χ4v) is 3.85. The van der Waals surface area contributed by atoms with E-state index in [1.54, 1.807) is 36.4 Å². The van der Waals surface area contributed by atoms with Crippen molar-refractivity contribution in [3.05, 3.63) is 58.0 Å². The molecule has 0 aliphatic carbocycles. The second-order valence-electron chi connectivity index (χ2n) is 8.17. The highest BCUT2D eigenvalue weighted by molar-refractivity contribution is 6.05. The number of nitrogens with one attached hydrogen (secondary N) is 2. The van der Waals surface area contributed by atoms with E-state index in [-0.39, 0.29) is 17.7 Å². The topological polar surface area (TPSA) is 121 Å². The van der Waals surface area contributed by atoms with Gasteiger partial charge in [0.15, 0.2) is 17.2 Å². The molecular weight excluding hydrogens is 464 g/mol. The van der Waals surface area contributed by atoms with Crippen LogP contribution in [0.25, 0.3) is 10.8 Å². The van der Waals surface area contributed by atoms with Gasteiger partial charge in [0, 0.05) is 18.4 Å². The van der Waals surface area contributed by atoms with Crippen LogP contribution in [0.15, 0.2) is 41.2 Å². The molecule has 1 heterocycles. The fourth-order valence-electron chi connectivity index (χ4n) is 3.85. The maximum Gasteiger partial charge on any atom is 0.290 e. The first-order valence-electron chi connectivity index (χ1n) is 11.8. The van der Waals surface area contributed by atoms with Crippen molar-refractivity contribution in [2.45, 2.75) is 45.6 Å². The predicted octanol–water partition coefficient (Wildman–Crippen LogP) is 3.01. The van der Waals surface area contributed by atoms with Gasteiger partial charge in [-0.2, -0.15) is 5.10 Å². The van der Waals surface area contributed by atoms with Crippen LogP contribution < -0.4 is 30.6 Å². The Morgan fingerprint density at radius 2 is 1.61 bits per heavy atom. The van der Waals surface area contributed by atoms with Gasteiger partial charge in [0.2, 0.25) is 11.7 Å². The number of carbonyl (C=O) groups is 2. The summed E-state index contributed by atoms with van der Waals surface area (Å²) in [7, 11) is 4.56. The van der Waals surface area contributed by atoms with Crippen LogP contribution in [-0.2, 0) is 17.8 Å². The molecule has 192 valence electrons. The zero-order valence-electron chi connectivity index (χ0n) is 21.1. The van der Waals surface area contributed by atoms with Crippen molar-refractivity contribution in [2.75, 3.05) is 21.3 Å². The largest absolute Gasteiger partial charge is 0.493 e. The van der Waals surface area contributed by atoms with Gasteiger partial charge in [-0.15, -0.1) is 0 Å². The number of benzene rings is 2. The Morgan fingerprint density at radius 3 is 2.22 bits per heavy atom. The monoisotopic (exact) mass is 496 g/mol. The first-order chi connectivity index (χ1) is 17.4. The van der Waals surface area contributed by atoms with Crippen molar-refractivity contribution in [3.63, 3.8) is 0 Å². The third kappa shape index (κ3) is 6.12. The van der Waals surface area contributed by atoms with Gasteiger partial charge in [-0.3, -0.25) is 25.2 Å². The van der Waals surface area contributed by atoms with Crippen molar-refractivity contribution < 1.29 is 23.8 Å². The maximum atomic E-state index is 12.9. The molecule has 10 nitrogen and oxygen atoms in total. The lowest BCUT2D eigenvalue weighted by Crippen LogP contribution is -2.43. The van der Waals surface area contributed by atoms with Crippen molar-refractivity contribution in [3.8, 4) is 17.2 Å². The van der Waals surface area contributed by atoms with Crippen molar-refractivity contribution in [2.24, 2.45) is 0 Å². The van der Waals surface area contributed by atoms with Crippen molar-refractivity contribution in [1.29, 1.82) is 0 Å². The highest BCUT2D eigenvalue weighted by Crippen LogP contribution is 2.38. The van der Waals surface area contributed by atoms with Crippen LogP contribution in [0.2, 0.25) is 0 Å². The van der Waals surface area contributed by atoms with Gasteiger partial charge >= 0.3 is 0 Å². The number of hydrogen-bond donors (Lipinski definition) is 2. The highest BCUT2D eigenvalue weighted by atomic mass is 16.5. The van der Waals surface area contributed by atoms with Gasteiger partial charge in [0.1, 0.15) is 0 Å². The van der Waals surface area contributed by atoms with E-state index in [1.165, 1.54) is 26.0 Å². The summed E-state index contributed by atoms with van der Waals surface area (Å²) in [6.07, 6.45) is 3.20. The molecule has 2 aromatic carbocycles. The Kier molecular flexibility index (Phi) is 9.26. The Morgan fingerprint density at radius 1 is 0.944 bits per heavy atom. The van der Waals surface area contributed by atoms with E-state index in [0.717, 1.165) is 24.8 Å². The number of rotatable bonds is 11. The zero-order chi connectivity index (χ0) is 26.1. The number of carbonyl (C=O) groups excluding carboxylic acids is 2. The molecule has 0 bridgehead atoms. The molecular formula is C26H32N4O6. The van der Waals surface area contributed by atoms with Crippen LogP contribution >= 0.6 is 0 Å². The average Bonchev–Trinajstić information content (AvgIpc) is 2.91. The molecule has 0 saturated carbocycles. The van der Waals surface area contributed by atoms with Crippen LogP contribution in [0.1, 0.15) is 48.7 Å². The molecule has 1 aromatic heterocycles. The minimum atomic E-state index is -0.600. The Balaban J connectivity index is 1.69. The van der Waals surface area contributed by atoms with E-state index >= 15 is 0 Å². The lowest BCUT2D eigenvalue weighted by Gasteiger charge is -2.14. The normalized spacial score (nSPS) is 10.7. The summed E-state index contributed by atoms with van der Waals surface area (Å²) in [4.78, 5) is 38.2. The van der Waals surface area contributed by atoms with E-state index in [1.807, 2.05) is 0 Å². The van der Waals surface area contributed by atoms with Crippen molar-refractivity contribution >= 4 is 22.6 Å². The molecule has 2 N–H and O–H groups in total. The molecule has 10 heteroatoms. The van der Waals surface area contributed by atoms with Gasteiger partial charge in [0.25, 0.3) is 11.5 Å². The van der Waals surface area contributed by atoms with Gasteiger partial charge in [0.05, 0.1) is 26.7 Å². The number of aromatic nitrogens is 2. The number of nitrogens with zero attached hydrogens (tertiary/aromatic N) is 2. The first kappa shape index (κ1) is 26.5. The summed E-state index contributed by atoms with van der Waals surface area (Å²) < 4.78 is 17.3. The molecule has 2 amide bonds. The Bertz CT molecular complexity index is 1260. The molecule has 0 aliphatic rings. The second-order valence-corrected chi connectivity index (χ2v) is 8.17. The minimum Gasteiger partial charge on any atom is -0.493 e. The summed E-state index contributed by atoms with van der Waals surface area (Å²) in [6.45, 7) is 2.48. The SMILES string of the molecule is CCCCCn1nc(C(=O)NNC(=O)CCc2cc(OC)c(OC)c(OC)c2)c2ccccc2c1=O. The lowest BCUT2D eigenvalue weighted by molar-refractivity contribution is -0.121. The third-order valence-corrected chi connectivity index (χ3v) is 5.74. The van der Waals surface area contributed by atoms with E-state index < -0.39 is 11.8 Å². The van der Waals surface area contributed by atoms with Crippen LogP contribution in [0.4, 0.5) is 0 Å². The highest BCUT2D eigenvalue weighted by Gasteiger charge is 2.18. The summed E-state index contributed by atoms with van der Waals surface area (Å²) in [5, 5.41) is 5.13. The van der Waals surface area contributed by atoms with Crippen LogP contribution in [-0.4, -0.2) is 42.9 Å². The molecule has 0 fully saturated rings. The number of ether oxygens (including phenoxy) is 3. The smallest absolute Gasteiger partial charge is 0.290 e. The lowest BCUT2D eigenvalue weighted by atomic mass is 10.1. The van der Waals surface area contributed by atoms with E-state index in [4.69, 9.17) is 14.2 Å². The van der Waals surface area contributed by atoms with Gasteiger partial charge in [-0.25, -0.2) is 4.68 Å². The number of amides is 2. The molecule has 3 aromatic rings. The molecule has 0 spiro atoms. The van der Waals surface area contributed by atoms with Gasteiger partial charge in [-0.1, -0.05) is 38.0 Å². The molecule has 36 heavy (non-hydrogen) atoms. The van der Waals surface area contributed by atoms with Gasteiger partial charge < -0.3 is 14.2 Å². The van der Waals surface area contributed by atoms with Crippen molar-refractivity contribution in [1.82, 2.24) is 20.6 Å². The number of fused-ring (bicyclic) bond motifs is 1. The molecule has 0 saturated heterocycles. The Hall–Kier alpha value is -4.08. The number of hydrazine groups is 1.